The molecule has 1 saturated heterocycles. The van der Waals surface area contributed by atoms with Crippen LogP contribution in [0.1, 0.15) is 0 Å². The molecule has 1 aliphatic heterocycles. The summed E-state index contributed by atoms with van der Waals surface area (Å²) in [6, 6.07) is 0. The van der Waals surface area contributed by atoms with Gasteiger partial charge in [0.05, 0.1) is 7.05 Å². The van der Waals surface area contributed by atoms with Gasteiger partial charge in [-0.25, -0.2) is 0 Å². The molecule has 1 atom stereocenters. The van der Waals surface area contributed by atoms with Gasteiger partial charge < -0.3 is 4.74 Å². The molecule has 0 spiro atoms. The van der Waals surface area contributed by atoms with Crippen LogP contribution < -0.4 is 5.43 Å². The van der Waals surface area contributed by atoms with Crippen LogP contribution in [0.5, 0.6) is 0 Å². The van der Waals surface area contributed by atoms with E-state index in [2.05, 4.69) is 12.5 Å². The lowest BCUT2D eigenvalue weighted by Crippen LogP contribution is -2.32. The molecule has 5 heteroatoms. The number of nitrogens with one attached hydrogen (secondary N) is 1. The first-order valence-corrected chi connectivity index (χ1v) is 3.22. The average Bonchev–Trinajstić information content (AvgIpc) is 2.13. The molecule has 1 rings (SSSR count). The Morgan fingerprint density at radius 3 is 2.89 bits per heavy atom. The van der Waals surface area contributed by atoms with Crippen LogP contribution in [0.4, 0.5) is 4.79 Å². The molecular weight excluding hydrogens is 140 g/mol. The van der Waals surface area contributed by atoms with E-state index in [1.807, 2.05) is 0 Å². The van der Waals surface area contributed by atoms with Crippen molar-refractivity contribution in [2.75, 3.05) is 7.11 Å². The first-order valence-electron chi connectivity index (χ1n) is 2.34. The second-order valence-electron chi connectivity index (χ2n) is 1.51. The predicted molar refractivity (Wildman–Crippen MR) is 34.1 cm³/mol. The van der Waals surface area contributed by atoms with E-state index in [1.54, 1.807) is 0 Å². The number of amides is 1. The average molecular weight is 147 g/mol. The minimum absolute atomic E-state index is 0.123. The first kappa shape index (κ1) is 6.85. The van der Waals surface area contributed by atoms with Crippen LogP contribution in [-0.4, -0.2) is 22.9 Å². The molecule has 1 amide bonds. The van der Waals surface area contributed by atoms with Gasteiger partial charge in [-0.05, 0) is 11.8 Å². The zero-order valence-electron chi connectivity index (χ0n) is 4.96. The van der Waals surface area contributed by atoms with Gasteiger partial charge in [0.15, 0.2) is 5.56 Å². The summed E-state index contributed by atoms with van der Waals surface area (Å²) in [6.07, 6.45) is 0. The fourth-order valence-electron chi connectivity index (χ4n) is 0.462. The molecule has 51 valence electrons. The van der Waals surface area contributed by atoms with Crippen LogP contribution in [0.3, 0.4) is 0 Å². The third kappa shape index (κ3) is 1.35. The fraction of sp³-hybridized carbons (Fsp3) is 0.500. The van der Waals surface area contributed by atoms with Crippen molar-refractivity contribution in [3.63, 3.8) is 0 Å². The SMILES string of the molecule is [CH2]N1NC(OC)SC1=O. The second-order valence-corrected chi connectivity index (χ2v) is 2.52. The van der Waals surface area contributed by atoms with E-state index in [4.69, 9.17) is 4.74 Å². The standard InChI is InChI=1S/C4H7N2O2S/c1-6-4(7)9-3(5-6)8-2/h3,5H,1H2,2H3. The van der Waals surface area contributed by atoms with Gasteiger partial charge in [-0.2, -0.15) is 5.43 Å². The monoisotopic (exact) mass is 147 g/mol. The Morgan fingerprint density at radius 2 is 2.67 bits per heavy atom. The van der Waals surface area contributed by atoms with Gasteiger partial charge in [0.1, 0.15) is 0 Å². The quantitative estimate of drug-likeness (QED) is 0.582. The molecule has 0 aromatic heterocycles. The molecule has 1 heterocycles. The van der Waals surface area contributed by atoms with Gasteiger partial charge in [-0.3, -0.25) is 9.80 Å². The van der Waals surface area contributed by atoms with Crippen LogP contribution in [0.2, 0.25) is 0 Å². The number of nitrogens with zero attached hydrogens (tertiary/aromatic N) is 1. The van der Waals surface area contributed by atoms with E-state index >= 15 is 0 Å². The van der Waals surface area contributed by atoms with Crippen molar-refractivity contribution >= 4 is 17.0 Å². The van der Waals surface area contributed by atoms with Gasteiger partial charge >= 0.3 is 0 Å². The summed E-state index contributed by atoms with van der Waals surface area (Å²) >= 11 is 1.06. The Hall–Kier alpha value is -0.260. The number of hydrogen-bond donors (Lipinski definition) is 1. The lowest BCUT2D eigenvalue weighted by atomic mass is 11.1. The van der Waals surface area contributed by atoms with E-state index in [-0.39, 0.29) is 10.8 Å². The van der Waals surface area contributed by atoms with Gasteiger partial charge in [0.2, 0.25) is 0 Å². The number of hydrazine groups is 1. The highest BCUT2D eigenvalue weighted by Crippen LogP contribution is 2.19. The Morgan fingerprint density at radius 1 is 2.00 bits per heavy atom. The van der Waals surface area contributed by atoms with Crippen LogP contribution in [-0.2, 0) is 4.74 Å². The van der Waals surface area contributed by atoms with E-state index in [0.717, 1.165) is 16.8 Å². The van der Waals surface area contributed by atoms with Gasteiger partial charge in [0.25, 0.3) is 5.24 Å². The smallest absolute Gasteiger partial charge is 0.299 e. The molecule has 1 N–H and O–H groups in total. The van der Waals surface area contributed by atoms with Gasteiger partial charge in [0, 0.05) is 7.11 Å². The van der Waals surface area contributed by atoms with Crippen molar-refractivity contribution in [3.8, 4) is 0 Å². The molecule has 1 radical (unpaired) electrons. The lowest BCUT2D eigenvalue weighted by molar-refractivity contribution is 0.109. The highest BCUT2D eigenvalue weighted by atomic mass is 32.2. The van der Waals surface area contributed by atoms with E-state index < -0.39 is 0 Å². The third-order valence-corrected chi connectivity index (χ3v) is 1.84. The van der Waals surface area contributed by atoms with Crippen molar-refractivity contribution in [3.05, 3.63) is 7.05 Å². The van der Waals surface area contributed by atoms with Crippen LogP contribution in [0, 0.1) is 7.05 Å². The molecule has 1 aliphatic rings. The van der Waals surface area contributed by atoms with Crippen molar-refractivity contribution in [1.29, 1.82) is 0 Å². The summed E-state index contributed by atoms with van der Waals surface area (Å²) in [5.74, 6) is 0. The van der Waals surface area contributed by atoms with Crippen molar-refractivity contribution < 1.29 is 9.53 Å². The third-order valence-electron chi connectivity index (χ3n) is 0.904. The topological polar surface area (TPSA) is 41.6 Å². The molecule has 4 nitrogen and oxygen atoms in total. The molecule has 1 fully saturated rings. The van der Waals surface area contributed by atoms with E-state index in [1.165, 1.54) is 7.11 Å². The summed E-state index contributed by atoms with van der Waals surface area (Å²) in [5, 5.41) is 1.03. The zero-order valence-corrected chi connectivity index (χ0v) is 5.77. The Kier molecular flexibility index (Phi) is 1.94. The molecule has 0 aliphatic carbocycles. The minimum Gasteiger partial charge on any atom is -0.355 e. The number of carbonyl (C=O) groups is 1. The van der Waals surface area contributed by atoms with Crippen molar-refractivity contribution in [1.82, 2.24) is 10.4 Å². The number of methoxy groups -OCH3 is 1. The number of hydrogen-bond acceptors (Lipinski definition) is 4. The highest BCUT2D eigenvalue weighted by Gasteiger charge is 2.26. The van der Waals surface area contributed by atoms with Crippen LogP contribution in [0.25, 0.3) is 0 Å². The maximum Gasteiger partial charge on any atom is 0.299 e. The summed E-state index contributed by atoms with van der Waals surface area (Å²) in [5.41, 5.74) is 2.40. The van der Waals surface area contributed by atoms with Crippen LogP contribution in [0.15, 0.2) is 0 Å². The van der Waals surface area contributed by atoms with E-state index in [0.29, 0.717) is 0 Å². The summed E-state index contributed by atoms with van der Waals surface area (Å²) in [7, 11) is 4.91. The zero-order chi connectivity index (χ0) is 6.85. The Bertz CT molecular complexity index is 130. The number of ether oxygens (including phenoxy) is 1. The maximum atomic E-state index is 10.6. The second kappa shape index (κ2) is 2.55. The molecule has 0 aromatic carbocycles. The Labute approximate surface area is 57.5 Å². The number of rotatable bonds is 1. The summed E-state index contributed by atoms with van der Waals surface area (Å²) < 4.78 is 4.80. The predicted octanol–water partition coefficient (Wildman–Crippen LogP) is 0.381. The normalized spacial score (nSPS) is 27.6. The van der Waals surface area contributed by atoms with Gasteiger partial charge in [-0.15, -0.1) is 0 Å². The summed E-state index contributed by atoms with van der Waals surface area (Å²) in [4.78, 5) is 10.6. The minimum atomic E-state index is -0.269. The molecule has 1 unspecified atom stereocenters. The Balaban J connectivity index is 2.44. The first-order chi connectivity index (χ1) is 4.24. The van der Waals surface area contributed by atoms with E-state index in [9.17, 15) is 4.79 Å². The molecule has 0 aromatic rings. The summed E-state index contributed by atoms with van der Waals surface area (Å²) in [6.45, 7) is 0. The largest absolute Gasteiger partial charge is 0.355 e. The molecule has 0 saturated carbocycles. The molecule has 9 heavy (non-hydrogen) atoms. The lowest BCUT2D eigenvalue weighted by Gasteiger charge is -2.07. The molecule has 0 bridgehead atoms. The molecular formula is C4H7N2O2S. The van der Waals surface area contributed by atoms with Crippen molar-refractivity contribution in [2.24, 2.45) is 0 Å². The van der Waals surface area contributed by atoms with Gasteiger partial charge in [-0.1, -0.05) is 0 Å². The maximum absolute atomic E-state index is 10.6. The number of thioether (sulfide) groups is 1. The number of carbonyl (C=O) groups excluding carboxylic acids is 1. The highest BCUT2D eigenvalue weighted by molar-refractivity contribution is 8.14. The van der Waals surface area contributed by atoms with Crippen molar-refractivity contribution in [2.45, 2.75) is 5.56 Å². The van der Waals surface area contributed by atoms with Crippen LogP contribution >= 0.6 is 11.8 Å². The fourth-order valence-corrected chi connectivity index (χ4v) is 1.10.